The predicted molar refractivity (Wildman–Crippen MR) is 107 cm³/mol. The van der Waals surface area contributed by atoms with Gasteiger partial charge in [-0.1, -0.05) is 41.0 Å². The summed E-state index contributed by atoms with van der Waals surface area (Å²) in [6.07, 6.45) is 11.2. The van der Waals surface area contributed by atoms with Crippen LogP contribution in [0.4, 0.5) is 5.69 Å². The first kappa shape index (κ1) is 20.8. The van der Waals surface area contributed by atoms with E-state index in [2.05, 4.69) is 51.2 Å². The van der Waals surface area contributed by atoms with Crippen LogP contribution in [0, 0.1) is 0 Å². The number of carbonyl (C=O) groups is 1. The second-order valence-corrected chi connectivity index (χ2v) is 6.73. The number of rotatable bonds is 10. The van der Waals surface area contributed by atoms with Gasteiger partial charge in [0.05, 0.1) is 5.56 Å². The van der Waals surface area contributed by atoms with Crippen molar-refractivity contribution in [3.05, 3.63) is 64.8 Å². The van der Waals surface area contributed by atoms with Gasteiger partial charge in [-0.25, -0.2) is 4.79 Å². The van der Waals surface area contributed by atoms with Crippen molar-refractivity contribution in [3.8, 4) is 0 Å². The number of hydrogen-bond acceptors (Lipinski definition) is 2. The summed E-state index contributed by atoms with van der Waals surface area (Å²) in [5.41, 5.74) is 5.32. The SMILES string of the molecule is CC(C)=CCC/C(C)=C/CC/C(C)=C/CNc1cccc(C(=O)O)c1. The van der Waals surface area contributed by atoms with E-state index >= 15 is 0 Å². The van der Waals surface area contributed by atoms with Crippen molar-refractivity contribution in [2.45, 2.75) is 53.4 Å². The Morgan fingerprint density at radius 2 is 1.64 bits per heavy atom. The van der Waals surface area contributed by atoms with Crippen LogP contribution in [-0.2, 0) is 0 Å². The third-order valence-electron chi connectivity index (χ3n) is 3.99. The second-order valence-electron chi connectivity index (χ2n) is 6.73. The lowest BCUT2D eigenvalue weighted by Gasteiger charge is -2.06. The molecule has 0 atom stereocenters. The van der Waals surface area contributed by atoms with E-state index in [1.54, 1.807) is 18.2 Å². The first-order valence-corrected chi connectivity index (χ1v) is 8.90. The Balaban J connectivity index is 2.35. The van der Waals surface area contributed by atoms with Gasteiger partial charge in [-0.2, -0.15) is 0 Å². The van der Waals surface area contributed by atoms with E-state index in [1.165, 1.54) is 16.7 Å². The lowest BCUT2D eigenvalue weighted by atomic mass is 10.1. The monoisotopic (exact) mass is 341 g/mol. The highest BCUT2D eigenvalue weighted by Gasteiger charge is 2.02. The molecular weight excluding hydrogens is 310 g/mol. The van der Waals surface area contributed by atoms with Gasteiger partial charge in [0, 0.05) is 12.2 Å². The second kappa shape index (κ2) is 11.3. The Morgan fingerprint density at radius 1 is 1.00 bits per heavy atom. The van der Waals surface area contributed by atoms with Crippen LogP contribution in [0.15, 0.2) is 59.2 Å². The largest absolute Gasteiger partial charge is 0.478 e. The number of anilines is 1. The third kappa shape index (κ3) is 9.55. The summed E-state index contributed by atoms with van der Waals surface area (Å²) in [7, 11) is 0. The molecule has 0 bridgehead atoms. The summed E-state index contributed by atoms with van der Waals surface area (Å²) >= 11 is 0. The first-order chi connectivity index (χ1) is 11.9. The summed E-state index contributed by atoms with van der Waals surface area (Å²) in [5, 5.41) is 12.2. The molecule has 136 valence electrons. The smallest absolute Gasteiger partial charge is 0.335 e. The summed E-state index contributed by atoms with van der Waals surface area (Å²) < 4.78 is 0. The molecule has 0 aliphatic rings. The van der Waals surface area contributed by atoms with Gasteiger partial charge < -0.3 is 10.4 Å². The van der Waals surface area contributed by atoms with Crippen LogP contribution in [0.2, 0.25) is 0 Å². The van der Waals surface area contributed by atoms with Gasteiger partial charge in [0.15, 0.2) is 0 Å². The van der Waals surface area contributed by atoms with Crippen LogP contribution >= 0.6 is 0 Å². The van der Waals surface area contributed by atoms with Crippen molar-refractivity contribution < 1.29 is 9.90 Å². The Bertz CT molecular complexity index is 650. The highest BCUT2D eigenvalue weighted by atomic mass is 16.4. The number of benzene rings is 1. The minimum Gasteiger partial charge on any atom is -0.478 e. The lowest BCUT2D eigenvalue weighted by Crippen LogP contribution is -2.02. The molecule has 0 aliphatic carbocycles. The summed E-state index contributed by atoms with van der Waals surface area (Å²) in [5.74, 6) is -0.901. The molecule has 3 heteroatoms. The zero-order chi connectivity index (χ0) is 18.7. The van der Waals surface area contributed by atoms with Crippen LogP contribution in [0.3, 0.4) is 0 Å². The maximum absolute atomic E-state index is 11.0. The van der Waals surface area contributed by atoms with Gasteiger partial charge in [-0.15, -0.1) is 0 Å². The van der Waals surface area contributed by atoms with Crippen molar-refractivity contribution in [1.82, 2.24) is 0 Å². The quantitative estimate of drug-likeness (QED) is 0.497. The number of allylic oxidation sites excluding steroid dienone is 5. The number of carboxylic acid groups (broad SMARTS) is 1. The Labute approximate surface area is 152 Å². The molecular formula is C22H31NO2. The summed E-state index contributed by atoms with van der Waals surface area (Å²) in [6, 6.07) is 6.89. The molecule has 0 unspecified atom stereocenters. The topological polar surface area (TPSA) is 49.3 Å². The molecule has 0 amide bonds. The molecule has 0 fully saturated rings. The fraction of sp³-hybridized carbons (Fsp3) is 0.409. The van der Waals surface area contributed by atoms with E-state index in [1.807, 2.05) is 6.07 Å². The highest BCUT2D eigenvalue weighted by molar-refractivity contribution is 5.88. The van der Waals surface area contributed by atoms with Crippen molar-refractivity contribution in [3.63, 3.8) is 0 Å². The maximum atomic E-state index is 11.0. The van der Waals surface area contributed by atoms with Crippen molar-refractivity contribution in [2.24, 2.45) is 0 Å². The number of carboxylic acids is 1. The molecule has 0 radical (unpaired) electrons. The fourth-order valence-corrected chi connectivity index (χ4v) is 2.44. The highest BCUT2D eigenvalue weighted by Crippen LogP contribution is 2.13. The number of nitrogens with one attached hydrogen (secondary N) is 1. The standard InChI is InChI=1S/C22H31NO2/c1-17(2)8-5-9-18(3)10-6-11-19(4)14-15-23-21-13-7-12-20(16-21)22(24)25/h7-8,10,12-14,16,23H,5-6,9,11,15H2,1-4H3,(H,24,25)/b18-10+,19-14+. The Kier molecular flexibility index (Phi) is 9.38. The van der Waals surface area contributed by atoms with Gasteiger partial charge in [0.25, 0.3) is 0 Å². The van der Waals surface area contributed by atoms with E-state index in [0.717, 1.165) is 31.4 Å². The van der Waals surface area contributed by atoms with Crippen LogP contribution in [0.5, 0.6) is 0 Å². The predicted octanol–water partition coefficient (Wildman–Crippen LogP) is 6.22. The van der Waals surface area contributed by atoms with Crippen molar-refractivity contribution in [2.75, 3.05) is 11.9 Å². The molecule has 2 N–H and O–H groups in total. The van der Waals surface area contributed by atoms with Crippen LogP contribution in [0.25, 0.3) is 0 Å². The van der Waals surface area contributed by atoms with Gasteiger partial charge in [0.1, 0.15) is 0 Å². The van der Waals surface area contributed by atoms with E-state index in [9.17, 15) is 4.79 Å². The van der Waals surface area contributed by atoms with E-state index in [0.29, 0.717) is 12.1 Å². The van der Waals surface area contributed by atoms with Gasteiger partial charge in [0.2, 0.25) is 0 Å². The van der Waals surface area contributed by atoms with Crippen LogP contribution in [0.1, 0.15) is 63.7 Å². The van der Waals surface area contributed by atoms with Crippen LogP contribution < -0.4 is 5.32 Å². The van der Waals surface area contributed by atoms with Crippen molar-refractivity contribution >= 4 is 11.7 Å². The van der Waals surface area contributed by atoms with Crippen molar-refractivity contribution in [1.29, 1.82) is 0 Å². The molecule has 0 heterocycles. The molecule has 25 heavy (non-hydrogen) atoms. The molecule has 1 aromatic rings. The molecule has 1 rings (SSSR count). The van der Waals surface area contributed by atoms with E-state index < -0.39 is 5.97 Å². The summed E-state index contributed by atoms with van der Waals surface area (Å²) in [4.78, 5) is 11.0. The minimum atomic E-state index is -0.901. The summed E-state index contributed by atoms with van der Waals surface area (Å²) in [6.45, 7) is 9.33. The average Bonchev–Trinajstić information content (AvgIpc) is 2.54. The number of hydrogen-bond donors (Lipinski definition) is 2. The zero-order valence-corrected chi connectivity index (χ0v) is 15.9. The molecule has 0 saturated heterocycles. The third-order valence-corrected chi connectivity index (χ3v) is 3.99. The first-order valence-electron chi connectivity index (χ1n) is 8.90. The molecule has 0 aliphatic heterocycles. The fourth-order valence-electron chi connectivity index (χ4n) is 2.44. The Morgan fingerprint density at radius 3 is 2.28 bits per heavy atom. The minimum absolute atomic E-state index is 0.305. The molecule has 0 aromatic heterocycles. The molecule has 0 spiro atoms. The van der Waals surface area contributed by atoms with Gasteiger partial charge in [-0.3, -0.25) is 0 Å². The molecule has 1 aromatic carbocycles. The maximum Gasteiger partial charge on any atom is 0.335 e. The van der Waals surface area contributed by atoms with Crippen LogP contribution in [-0.4, -0.2) is 17.6 Å². The number of aromatic carboxylic acids is 1. The average molecular weight is 341 g/mol. The van der Waals surface area contributed by atoms with E-state index in [-0.39, 0.29) is 0 Å². The lowest BCUT2D eigenvalue weighted by molar-refractivity contribution is 0.0697. The van der Waals surface area contributed by atoms with Gasteiger partial charge >= 0.3 is 5.97 Å². The normalized spacial score (nSPS) is 12.0. The van der Waals surface area contributed by atoms with E-state index in [4.69, 9.17) is 5.11 Å². The zero-order valence-electron chi connectivity index (χ0n) is 15.9. The molecule has 3 nitrogen and oxygen atoms in total. The van der Waals surface area contributed by atoms with Gasteiger partial charge in [-0.05, 0) is 71.6 Å². The Hall–Kier alpha value is -2.29. The molecule has 0 saturated carbocycles.